The zero-order chi connectivity index (χ0) is 17.3. The smallest absolute Gasteiger partial charge is 0.251 e. The van der Waals surface area contributed by atoms with Crippen LogP contribution in [0.3, 0.4) is 0 Å². The lowest BCUT2D eigenvalue weighted by molar-refractivity contribution is 0.0884. The van der Waals surface area contributed by atoms with Gasteiger partial charge in [-0.2, -0.15) is 0 Å². The molecule has 0 aliphatic carbocycles. The van der Waals surface area contributed by atoms with Gasteiger partial charge in [-0.15, -0.1) is 0 Å². The molecular formula is C19H32N2O2. The van der Waals surface area contributed by atoms with Crippen LogP contribution in [0, 0.1) is 0 Å². The second-order valence-corrected chi connectivity index (χ2v) is 6.72. The number of likely N-dealkylation sites (N-methyl/N-ethyl adjacent to an activating group) is 1. The van der Waals surface area contributed by atoms with Crippen LogP contribution in [0.25, 0.3) is 0 Å². The predicted molar refractivity (Wildman–Crippen MR) is 96.1 cm³/mol. The van der Waals surface area contributed by atoms with Gasteiger partial charge in [-0.25, -0.2) is 0 Å². The maximum atomic E-state index is 12.1. The number of hydrogen-bond donors (Lipinski definition) is 1. The molecule has 0 spiro atoms. The minimum atomic E-state index is -0.0437. The Hall–Kier alpha value is -1.39. The first kappa shape index (κ1) is 19.7. The molecule has 1 rings (SSSR count). The number of ether oxygens (including phenoxy) is 1. The van der Waals surface area contributed by atoms with Gasteiger partial charge in [-0.3, -0.25) is 4.79 Å². The van der Waals surface area contributed by atoms with Gasteiger partial charge < -0.3 is 15.0 Å². The van der Waals surface area contributed by atoms with Crippen LogP contribution in [0.15, 0.2) is 24.3 Å². The van der Waals surface area contributed by atoms with Gasteiger partial charge in [0.15, 0.2) is 0 Å². The summed E-state index contributed by atoms with van der Waals surface area (Å²) in [4.78, 5) is 14.4. The third-order valence-electron chi connectivity index (χ3n) is 3.99. The normalized spacial score (nSPS) is 11.7. The number of carbonyl (C=O) groups is 1. The molecule has 0 saturated heterocycles. The number of benzene rings is 1. The molecule has 23 heavy (non-hydrogen) atoms. The van der Waals surface area contributed by atoms with Crippen molar-refractivity contribution in [3.8, 4) is 0 Å². The average Bonchev–Trinajstić information content (AvgIpc) is 2.53. The van der Waals surface area contributed by atoms with Gasteiger partial charge in [-0.1, -0.05) is 46.8 Å². The van der Waals surface area contributed by atoms with Gasteiger partial charge in [0.05, 0.1) is 13.2 Å². The van der Waals surface area contributed by atoms with Crippen molar-refractivity contribution >= 4 is 5.91 Å². The summed E-state index contributed by atoms with van der Waals surface area (Å²) in [5.74, 6) is -0.0437. The van der Waals surface area contributed by atoms with Crippen molar-refractivity contribution in [2.24, 2.45) is 0 Å². The minimum absolute atomic E-state index is 0.0437. The lowest BCUT2D eigenvalue weighted by atomic mass is 9.87. The zero-order valence-corrected chi connectivity index (χ0v) is 15.3. The van der Waals surface area contributed by atoms with E-state index in [1.54, 1.807) is 0 Å². The summed E-state index contributed by atoms with van der Waals surface area (Å²) >= 11 is 0. The van der Waals surface area contributed by atoms with Crippen LogP contribution >= 0.6 is 0 Å². The predicted octanol–water partition coefficient (Wildman–Crippen LogP) is 3.07. The van der Waals surface area contributed by atoms with E-state index in [4.69, 9.17) is 4.74 Å². The van der Waals surface area contributed by atoms with Gasteiger partial charge >= 0.3 is 0 Å². The summed E-state index contributed by atoms with van der Waals surface area (Å²) in [5, 5.41) is 2.90. The first-order valence-electron chi connectivity index (χ1n) is 8.57. The first-order valence-corrected chi connectivity index (χ1v) is 8.57. The molecule has 0 fully saturated rings. The van der Waals surface area contributed by atoms with Crippen molar-refractivity contribution in [2.75, 3.05) is 39.4 Å². The molecule has 0 aliphatic heterocycles. The topological polar surface area (TPSA) is 41.6 Å². The average molecular weight is 320 g/mol. The molecule has 0 aromatic heterocycles. The lowest BCUT2D eigenvalue weighted by Gasteiger charge is -2.19. The standard InChI is InChI=1S/C19H32N2O2/c1-6-21(7-2)13-15-23-14-12-20-18(22)16-8-10-17(11-9-16)19(3,4)5/h8-11H,6-7,12-15H2,1-5H3,(H,20,22). The third-order valence-corrected chi connectivity index (χ3v) is 3.99. The monoisotopic (exact) mass is 320 g/mol. The van der Waals surface area contributed by atoms with Crippen LogP contribution in [-0.2, 0) is 10.2 Å². The van der Waals surface area contributed by atoms with E-state index in [1.807, 2.05) is 24.3 Å². The Kier molecular flexibility index (Phi) is 8.28. The highest BCUT2D eigenvalue weighted by Crippen LogP contribution is 2.22. The molecule has 0 saturated carbocycles. The molecule has 0 aliphatic rings. The number of nitrogens with zero attached hydrogens (tertiary/aromatic N) is 1. The highest BCUT2D eigenvalue weighted by Gasteiger charge is 2.14. The van der Waals surface area contributed by atoms with Gasteiger partial charge in [0.1, 0.15) is 0 Å². The molecule has 4 heteroatoms. The molecule has 130 valence electrons. The molecule has 0 atom stereocenters. The van der Waals surface area contributed by atoms with E-state index in [-0.39, 0.29) is 11.3 Å². The molecule has 1 amide bonds. The Balaban J connectivity index is 2.26. The lowest BCUT2D eigenvalue weighted by Crippen LogP contribution is -2.30. The van der Waals surface area contributed by atoms with E-state index in [9.17, 15) is 4.79 Å². The summed E-state index contributed by atoms with van der Waals surface area (Å²) in [5.41, 5.74) is 2.03. The SMILES string of the molecule is CCN(CC)CCOCCNC(=O)c1ccc(C(C)(C)C)cc1. The summed E-state index contributed by atoms with van der Waals surface area (Å²) < 4.78 is 5.56. The minimum Gasteiger partial charge on any atom is -0.378 e. The molecule has 0 bridgehead atoms. The fourth-order valence-corrected chi connectivity index (χ4v) is 2.30. The second kappa shape index (κ2) is 9.68. The highest BCUT2D eigenvalue weighted by molar-refractivity contribution is 5.94. The summed E-state index contributed by atoms with van der Waals surface area (Å²) in [6, 6.07) is 7.82. The molecule has 0 unspecified atom stereocenters. The fourth-order valence-electron chi connectivity index (χ4n) is 2.30. The Morgan fingerprint density at radius 3 is 2.22 bits per heavy atom. The van der Waals surface area contributed by atoms with Crippen LogP contribution in [0.5, 0.6) is 0 Å². The van der Waals surface area contributed by atoms with Crippen molar-refractivity contribution in [1.29, 1.82) is 0 Å². The molecule has 0 radical (unpaired) electrons. The molecule has 4 nitrogen and oxygen atoms in total. The molecular weight excluding hydrogens is 288 g/mol. The third kappa shape index (κ3) is 7.14. The van der Waals surface area contributed by atoms with Crippen LogP contribution in [0.1, 0.15) is 50.5 Å². The Morgan fingerprint density at radius 1 is 1.09 bits per heavy atom. The summed E-state index contributed by atoms with van der Waals surface area (Å²) in [6.45, 7) is 15.6. The highest BCUT2D eigenvalue weighted by atomic mass is 16.5. The first-order chi connectivity index (χ1) is 10.9. The summed E-state index contributed by atoms with van der Waals surface area (Å²) in [6.07, 6.45) is 0. The Bertz CT molecular complexity index is 459. The number of amides is 1. The molecule has 0 heterocycles. The maximum absolute atomic E-state index is 12.1. The van der Waals surface area contributed by atoms with Gasteiger partial charge in [-0.05, 0) is 36.2 Å². The van der Waals surface area contributed by atoms with Crippen molar-refractivity contribution in [3.63, 3.8) is 0 Å². The fraction of sp³-hybridized carbons (Fsp3) is 0.632. The van der Waals surface area contributed by atoms with Gasteiger partial charge in [0, 0.05) is 18.7 Å². The van der Waals surface area contributed by atoms with Gasteiger partial charge in [0.2, 0.25) is 0 Å². The van der Waals surface area contributed by atoms with Crippen LogP contribution in [0.2, 0.25) is 0 Å². The van der Waals surface area contributed by atoms with E-state index in [1.165, 1.54) is 5.56 Å². The molecule has 1 aromatic rings. The van der Waals surface area contributed by atoms with Gasteiger partial charge in [0.25, 0.3) is 5.91 Å². The van der Waals surface area contributed by atoms with E-state index in [0.717, 1.165) is 19.6 Å². The van der Waals surface area contributed by atoms with Crippen molar-refractivity contribution < 1.29 is 9.53 Å². The largest absolute Gasteiger partial charge is 0.378 e. The van der Waals surface area contributed by atoms with Crippen molar-refractivity contribution in [2.45, 2.75) is 40.0 Å². The number of carbonyl (C=O) groups excluding carboxylic acids is 1. The van der Waals surface area contributed by atoms with E-state index in [2.05, 4.69) is 44.8 Å². The second-order valence-electron chi connectivity index (χ2n) is 6.72. The number of nitrogens with one attached hydrogen (secondary N) is 1. The van der Waals surface area contributed by atoms with E-state index >= 15 is 0 Å². The van der Waals surface area contributed by atoms with Crippen LogP contribution in [0.4, 0.5) is 0 Å². The van der Waals surface area contributed by atoms with Crippen molar-refractivity contribution in [1.82, 2.24) is 10.2 Å². The van der Waals surface area contributed by atoms with Crippen LogP contribution < -0.4 is 5.32 Å². The zero-order valence-electron chi connectivity index (χ0n) is 15.3. The Morgan fingerprint density at radius 2 is 1.70 bits per heavy atom. The molecule has 1 aromatic carbocycles. The van der Waals surface area contributed by atoms with E-state index < -0.39 is 0 Å². The number of rotatable bonds is 9. The Labute approximate surface area is 141 Å². The summed E-state index contributed by atoms with van der Waals surface area (Å²) in [7, 11) is 0. The van der Waals surface area contributed by atoms with Crippen LogP contribution in [-0.4, -0.2) is 50.2 Å². The quantitative estimate of drug-likeness (QED) is 0.711. The molecule has 1 N–H and O–H groups in total. The van der Waals surface area contributed by atoms with Crippen molar-refractivity contribution in [3.05, 3.63) is 35.4 Å². The number of hydrogen-bond acceptors (Lipinski definition) is 3. The maximum Gasteiger partial charge on any atom is 0.251 e. The van der Waals surface area contributed by atoms with E-state index in [0.29, 0.717) is 25.3 Å².